The van der Waals surface area contributed by atoms with E-state index in [9.17, 15) is 35.7 Å². The molecule has 1 saturated heterocycles. The van der Waals surface area contributed by atoms with Crippen LogP contribution in [0.3, 0.4) is 0 Å². The molecule has 0 saturated carbocycles. The fraction of sp³-hybridized carbons (Fsp3) is 1.00. The molecule has 0 aliphatic carbocycles. The van der Waals surface area contributed by atoms with Gasteiger partial charge < -0.3 is 55.4 Å². The molecule has 11 heteroatoms. The smallest absolute Gasteiger partial charge is 0.186 e. The molecular formula is C12H24O11. The quantitative estimate of drug-likeness (QED) is 0.203. The summed E-state index contributed by atoms with van der Waals surface area (Å²) in [6.45, 7) is -2.16. The van der Waals surface area contributed by atoms with Crippen LogP contribution in [0.25, 0.3) is 0 Å². The summed E-state index contributed by atoms with van der Waals surface area (Å²) in [5.74, 6) is 0. The number of hydrogen-bond acceptors (Lipinski definition) is 11. The molecule has 11 nitrogen and oxygen atoms in total. The van der Waals surface area contributed by atoms with E-state index < -0.39 is 74.9 Å². The molecule has 0 spiro atoms. The highest BCUT2D eigenvalue weighted by Gasteiger charge is 2.44. The lowest BCUT2D eigenvalue weighted by Crippen LogP contribution is -2.59. The minimum atomic E-state index is -1.86. The van der Waals surface area contributed by atoms with Crippen molar-refractivity contribution in [2.24, 2.45) is 0 Å². The molecule has 0 radical (unpaired) electrons. The Morgan fingerprint density at radius 2 is 1.39 bits per heavy atom. The van der Waals surface area contributed by atoms with Crippen LogP contribution in [0.2, 0.25) is 0 Å². The van der Waals surface area contributed by atoms with Crippen molar-refractivity contribution in [1.82, 2.24) is 0 Å². The monoisotopic (exact) mass is 344 g/mol. The molecule has 1 aliphatic rings. The summed E-state index contributed by atoms with van der Waals surface area (Å²) in [7, 11) is 0. The van der Waals surface area contributed by atoms with E-state index in [2.05, 4.69) is 0 Å². The minimum Gasteiger partial charge on any atom is -0.394 e. The summed E-state index contributed by atoms with van der Waals surface area (Å²) in [6.07, 6.45) is -14.7. The molecule has 1 heterocycles. The lowest BCUT2D eigenvalue weighted by molar-refractivity contribution is -0.306. The van der Waals surface area contributed by atoms with Gasteiger partial charge in [0.25, 0.3) is 0 Å². The third-order valence-corrected chi connectivity index (χ3v) is 3.61. The second-order valence-corrected chi connectivity index (χ2v) is 5.33. The molecule has 0 bridgehead atoms. The molecule has 9 atom stereocenters. The highest BCUT2D eigenvalue weighted by atomic mass is 16.7. The fourth-order valence-corrected chi connectivity index (χ4v) is 2.06. The molecule has 0 aromatic heterocycles. The zero-order valence-electron chi connectivity index (χ0n) is 12.2. The molecule has 138 valence electrons. The summed E-state index contributed by atoms with van der Waals surface area (Å²) in [4.78, 5) is 0. The van der Waals surface area contributed by atoms with E-state index in [1.165, 1.54) is 0 Å². The maximum Gasteiger partial charge on any atom is 0.186 e. The Morgan fingerprint density at radius 3 is 1.91 bits per heavy atom. The van der Waals surface area contributed by atoms with E-state index >= 15 is 0 Å². The van der Waals surface area contributed by atoms with Gasteiger partial charge in [-0.15, -0.1) is 0 Å². The number of rotatable bonds is 8. The van der Waals surface area contributed by atoms with Crippen LogP contribution in [0.1, 0.15) is 0 Å². The van der Waals surface area contributed by atoms with Gasteiger partial charge in [-0.3, -0.25) is 0 Å². The lowest BCUT2D eigenvalue weighted by atomic mass is 9.99. The van der Waals surface area contributed by atoms with Crippen LogP contribution in [0.15, 0.2) is 0 Å². The average molecular weight is 344 g/mol. The van der Waals surface area contributed by atoms with Crippen molar-refractivity contribution in [3.63, 3.8) is 0 Å². The summed E-state index contributed by atoms with van der Waals surface area (Å²) < 4.78 is 9.99. The van der Waals surface area contributed by atoms with Crippen molar-refractivity contribution in [3.05, 3.63) is 0 Å². The Labute approximate surface area is 131 Å². The van der Waals surface area contributed by atoms with E-state index in [0.717, 1.165) is 0 Å². The van der Waals surface area contributed by atoms with E-state index in [1.54, 1.807) is 0 Å². The first-order chi connectivity index (χ1) is 10.7. The molecule has 0 amide bonds. The van der Waals surface area contributed by atoms with Crippen LogP contribution in [0, 0.1) is 0 Å². The maximum atomic E-state index is 9.70. The van der Waals surface area contributed by atoms with Gasteiger partial charge in [0, 0.05) is 0 Å². The normalized spacial score (nSPS) is 37.2. The second-order valence-electron chi connectivity index (χ2n) is 5.33. The predicted molar refractivity (Wildman–Crippen MR) is 70.8 cm³/mol. The first-order valence-electron chi connectivity index (χ1n) is 6.99. The topological polar surface area (TPSA) is 201 Å². The van der Waals surface area contributed by atoms with Crippen molar-refractivity contribution in [1.29, 1.82) is 0 Å². The largest absolute Gasteiger partial charge is 0.394 e. The standard InChI is InChI=1S/C12H24O11/c13-1-4(15)7(17)8(18)5(16)3-22-12-11(21)10(20)9(19)6(2-14)23-12/h4-21H,1-3H2/t4-,5+,6+,7+,8+,9+,10-,11+,12?/m0/s1. The highest BCUT2D eigenvalue weighted by Crippen LogP contribution is 2.22. The van der Waals surface area contributed by atoms with E-state index in [0.29, 0.717) is 0 Å². The molecule has 1 rings (SSSR count). The van der Waals surface area contributed by atoms with Gasteiger partial charge in [0.2, 0.25) is 0 Å². The third-order valence-electron chi connectivity index (χ3n) is 3.61. The SMILES string of the molecule is OC[C@H](O)[C@@H](O)[C@H](O)[C@H](O)COC1O[C@H](CO)[C@@H](O)[C@H](O)[C@H]1O. The molecule has 0 aromatic carbocycles. The van der Waals surface area contributed by atoms with E-state index in [1.807, 2.05) is 0 Å². The van der Waals surface area contributed by atoms with Gasteiger partial charge >= 0.3 is 0 Å². The van der Waals surface area contributed by atoms with Crippen LogP contribution in [0.4, 0.5) is 0 Å². The number of aliphatic hydroxyl groups excluding tert-OH is 9. The van der Waals surface area contributed by atoms with Gasteiger partial charge in [-0.1, -0.05) is 0 Å². The maximum absolute atomic E-state index is 9.70. The van der Waals surface area contributed by atoms with Crippen LogP contribution in [0.5, 0.6) is 0 Å². The first kappa shape index (κ1) is 20.6. The van der Waals surface area contributed by atoms with Gasteiger partial charge in [-0.2, -0.15) is 0 Å². The van der Waals surface area contributed by atoms with Gasteiger partial charge in [-0.25, -0.2) is 0 Å². The zero-order chi connectivity index (χ0) is 17.7. The molecule has 1 aliphatic heterocycles. The van der Waals surface area contributed by atoms with Crippen molar-refractivity contribution in [2.75, 3.05) is 19.8 Å². The molecule has 0 aromatic rings. The van der Waals surface area contributed by atoms with Gasteiger partial charge in [0.05, 0.1) is 19.8 Å². The summed E-state index contributed by atoms with van der Waals surface area (Å²) >= 11 is 0. The summed E-state index contributed by atoms with van der Waals surface area (Å²) in [5, 5.41) is 84.4. The van der Waals surface area contributed by atoms with Crippen molar-refractivity contribution >= 4 is 0 Å². The molecule has 9 N–H and O–H groups in total. The zero-order valence-corrected chi connectivity index (χ0v) is 12.2. The Balaban J connectivity index is 2.55. The molecule has 1 unspecified atom stereocenters. The Morgan fingerprint density at radius 1 is 0.826 bits per heavy atom. The third kappa shape index (κ3) is 5.01. The number of ether oxygens (including phenoxy) is 2. The van der Waals surface area contributed by atoms with Gasteiger partial charge in [0.15, 0.2) is 6.29 Å². The summed E-state index contributed by atoms with van der Waals surface area (Å²) in [6, 6.07) is 0. The van der Waals surface area contributed by atoms with Crippen molar-refractivity contribution in [2.45, 2.75) is 55.1 Å². The van der Waals surface area contributed by atoms with Crippen LogP contribution < -0.4 is 0 Å². The molecule has 1 fully saturated rings. The van der Waals surface area contributed by atoms with Crippen LogP contribution >= 0.6 is 0 Å². The van der Waals surface area contributed by atoms with Crippen LogP contribution in [-0.4, -0.2) is 121 Å². The van der Waals surface area contributed by atoms with Gasteiger partial charge in [0.1, 0.15) is 48.8 Å². The number of hydrogen-bond donors (Lipinski definition) is 9. The van der Waals surface area contributed by atoms with Gasteiger partial charge in [-0.05, 0) is 0 Å². The Hall–Kier alpha value is -0.440. The van der Waals surface area contributed by atoms with Crippen LogP contribution in [-0.2, 0) is 9.47 Å². The predicted octanol–water partition coefficient (Wildman–Crippen LogP) is -5.76. The Kier molecular flexibility index (Phi) is 8.20. The molecule has 23 heavy (non-hydrogen) atoms. The first-order valence-corrected chi connectivity index (χ1v) is 6.99. The van der Waals surface area contributed by atoms with E-state index in [-0.39, 0.29) is 0 Å². The fourth-order valence-electron chi connectivity index (χ4n) is 2.06. The van der Waals surface area contributed by atoms with Crippen molar-refractivity contribution in [3.8, 4) is 0 Å². The van der Waals surface area contributed by atoms with E-state index in [4.69, 9.17) is 19.7 Å². The van der Waals surface area contributed by atoms with Crippen molar-refractivity contribution < 1.29 is 55.4 Å². The second kappa shape index (κ2) is 9.15. The minimum absolute atomic E-state index is 0.655. The average Bonchev–Trinajstić information content (AvgIpc) is 2.56. The Bertz CT molecular complexity index is 341. The highest BCUT2D eigenvalue weighted by molar-refractivity contribution is 4.89. The molecular weight excluding hydrogens is 320 g/mol. The summed E-state index contributed by atoms with van der Waals surface area (Å²) in [5.41, 5.74) is 0. The number of aliphatic hydroxyl groups is 9. The lowest BCUT2D eigenvalue weighted by Gasteiger charge is -2.40.